The first-order chi connectivity index (χ1) is 14.5. The van der Waals surface area contributed by atoms with Gasteiger partial charge in [-0.1, -0.05) is 48.5 Å². The van der Waals surface area contributed by atoms with Crippen LogP contribution in [0.3, 0.4) is 0 Å². The fraction of sp³-hybridized carbons (Fsp3) is 0.0870. The summed E-state index contributed by atoms with van der Waals surface area (Å²) in [6, 6.07) is 22.2. The first-order valence-corrected chi connectivity index (χ1v) is 10.3. The molecule has 2 amide bonds. The number of carbonyl (C=O) groups excluding carboxylic acids is 3. The summed E-state index contributed by atoms with van der Waals surface area (Å²) in [5.41, 5.74) is 2.54. The van der Waals surface area contributed by atoms with Crippen LogP contribution in [0.4, 0.5) is 11.4 Å². The monoisotopic (exact) mass is 419 g/mol. The molecule has 3 rings (SSSR count). The standard InChI is InChI=1S/C23H20N2O4S/c26-21(15-30-14-16-5-2-1-3-6-16)24-20-8-4-7-18(13-20)22(27)25-19-11-9-17(10-12-19)23(28)29/h1-13H,14-15H2,(H,24,26)(H,25,27)(H,28,29)/p-1. The molecule has 0 heterocycles. The summed E-state index contributed by atoms with van der Waals surface area (Å²) in [5, 5.41) is 16.3. The minimum atomic E-state index is -1.28. The van der Waals surface area contributed by atoms with Gasteiger partial charge in [-0.2, -0.15) is 0 Å². The van der Waals surface area contributed by atoms with Crippen molar-refractivity contribution in [3.05, 3.63) is 95.6 Å². The third-order valence-corrected chi connectivity index (χ3v) is 5.14. The Morgan fingerprint density at radius 2 is 1.50 bits per heavy atom. The molecule has 0 radical (unpaired) electrons. The molecule has 0 spiro atoms. The molecule has 0 unspecified atom stereocenters. The van der Waals surface area contributed by atoms with Crippen molar-refractivity contribution >= 4 is 40.9 Å². The zero-order chi connectivity index (χ0) is 21.3. The number of thioether (sulfide) groups is 1. The van der Waals surface area contributed by atoms with Gasteiger partial charge in [0.05, 0.1) is 11.7 Å². The third kappa shape index (κ3) is 6.22. The Balaban J connectivity index is 1.53. The summed E-state index contributed by atoms with van der Waals surface area (Å²) in [7, 11) is 0. The fourth-order valence-electron chi connectivity index (χ4n) is 2.66. The van der Waals surface area contributed by atoms with Gasteiger partial charge in [0.15, 0.2) is 0 Å². The lowest BCUT2D eigenvalue weighted by atomic mass is 10.1. The van der Waals surface area contributed by atoms with Crippen molar-refractivity contribution in [3.63, 3.8) is 0 Å². The van der Waals surface area contributed by atoms with E-state index in [1.807, 2.05) is 30.3 Å². The lowest BCUT2D eigenvalue weighted by Gasteiger charge is -2.09. The van der Waals surface area contributed by atoms with Crippen molar-refractivity contribution < 1.29 is 19.5 Å². The van der Waals surface area contributed by atoms with Gasteiger partial charge in [0.2, 0.25) is 5.91 Å². The van der Waals surface area contributed by atoms with Crippen LogP contribution in [-0.2, 0) is 10.5 Å². The van der Waals surface area contributed by atoms with E-state index in [2.05, 4.69) is 10.6 Å². The van der Waals surface area contributed by atoms with E-state index in [1.54, 1.807) is 24.3 Å². The molecule has 0 aliphatic rings. The number of hydrogen-bond donors (Lipinski definition) is 2. The second-order valence-electron chi connectivity index (χ2n) is 6.43. The summed E-state index contributed by atoms with van der Waals surface area (Å²) < 4.78 is 0. The maximum atomic E-state index is 12.4. The van der Waals surface area contributed by atoms with Crippen LogP contribution in [0.5, 0.6) is 0 Å². The Morgan fingerprint density at radius 3 is 2.20 bits per heavy atom. The predicted octanol–water partition coefficient (Wildman–Crippen LogP) is 3.17. The Morgan fingerprint density at radius 1 is 0.767 bits per heavy atom. The number of carboxylic acid groups (broad SMARTS) is 1. The smallest absolute Gasteiger partial charge is 0.255 e. The first kappa shape index (κ1) is 21.1. The molecule has 0 aliphatic carbocycles. The van der Waals surface area contributed by atoms with Crippen molar-refractivity contribution in [2.45, 2.75) is 5.75 Å². The number of anilines is 2. The molecule has 0 fully saturated rings. The summed E-state index contributed by atoms with van der Waals surface area (Å²) >= 11 is 1.51. The number of nitrogens with one attached hydrogen (secondary N) is 2. The SMILES string of the molecule is O=C(CSCc1ccccc1)Nc1cccc(C(=O)Nc2ccc(C(=O)[O-])cc2)c1. The molecule has 7 heteroatoms. The van der Waals surface area contributed by atoms with E-state index in [0.717, 1.165) is 11.3 Å². The maximum absolute atomic E-state index is 12.4. The van der Waals surface area contributed by atoms with Crippen molar-refractivity contribution in [2.75, 3.05) is 16.4 Å². The first-order valence-electron chi connectivity index (χ1n) is 9.15. The van der Waals surface area contributed by atoms with Crippen LogP contribution in [0.2, 0.25) is 0 Å². The van der Waals surface area contributed by atoms with Gasteiger partial charge in [0.1, 0.15) is 0 Å². The number of carboxylic acids is 1. The normalized spacial score (nSPS) is 10.3. The minimum Gasteiger partial charge on any atom is -0.545 e. The highest BCUT2D eigenvalue weighted by Crippen LogP contribution is 2.16. The number of amides is 2. The van der Waals surface area contributed by atoms with Crippen LogP contribution in [0.15, 0.2) is 78.9 Å². The van der Waals surface area contributed by atoms with Crippen LogP contribution in [0.1, 0.15) is 26.3 Å². The van der Waals surface area contributed by atoms with Gasteiger partial charge in [0.25, 0.3) is 5.91 Å². The van der Waals surface area contributed by atoms with Gasteiger partial charge in [-0.15, -0.1) is 11.8 Å². The van der Waals surface area contributed by atoms with Gasteiger partial charge < -0.3 is 20.5 Å². The average molecular weight is 419 g/mol. The van der Waals surface area contributed by atoms with E-state index < -0.39 is 5.97 Å². The Kier molecular flexibility index (Phi) is 7.24. The van der Waals surface area contributed by atoms with Crippen molar-refractivity contribution in [1.82, 2.24) is 0 Å². The molecular weight excluding hydrogens is 400 g/mol. The summed E-state index contributed by atoms with van der Waals surface area (Å²) in [6.45, 7) is 0. The molecule has 0 saturated carbocycles. The number of aromatic carboxylic acids is 1. The molecule has 0 atom stereocenters. The molecule has 6 nitrogen and oxygen atoms in total. The van der Waals surface area contributed by atoms with Crippen LogP contribution in [-0.4, -0.2) is 23.5 Å². The van der Waals surface area contributed by atoms with Crippen molar-refractivity contribution in [2.24, 2.45) is 0 Å². The van der Waals surface area contributed by atoms with Crippen LogP contribution < -0.4 is 15.7 Å². The van der Waals surface area contributed by atoms with E-state index in [-0.39, 0.29) is 17.4 Å². The second-order valence-corrected chi connectivity index (χ2v) is 7.41. The lowest BCUT2D eigenvalue weighted by Crippen LogP contribution is -2.22. The predicted molar refractivity (Wildman–Crippen MR) is 116 cm³/mol. The Bertz CT molecular complexity index is 1040. The topological polar surface area (TPSA) is 98.3 Å². The molecule has 0 bridgehead atoms. The largest absolute Gasteiger partial charge is 0.545 e. The maximum Gasteiger partial charge on any atom is 0.255 e. The highest BCUT2D eigenvalue weighted by Gasteiger charge is 2.09. The molecule has 0 aromatic heterocycles. The molecular formula is C23H19N2O4S-. The third-order valence-electron chi connectivity index (χ3n) is 4.13. The fourth-order valence-corrected chi connectivity index (χ4v) is 3.45. The number of carbonyl (C=O) groups is 3. The Hall–Kier alpha value is -3.58. The van der Waals surface area contributed by atoms with Gasteiger partial charge in [-0.05, 0) is 41.5 Å². The highest BCUT2D eigenvalue weighted by atomic mass is 32.2. The molecule has 0 saturated heterocycles. The summed E-state index contributed by atoms with van der Waals surface area (Å²) in [5.74, 6) is -0.751. The quantitative estimate of drug-likeness (QED) is 0.584. The van der Waals surface area contributed by atoms with E-state index in [0.29, 0.717) is 22.7 Å². The summed E-state index contributed by atoms with van der Waals surface area (Å²) in [4.78, 5) is 35.4. The Labute approximate surface area is 178 Å². The number of rotatable bonds is 8. The van der Waals surface area contributed by atoms with Crippen LogP contribution >= 0.6 is 11.8 Å². The molecule has 3 aromatic rings. The van der Waals surface area contributed by atoms with Gasteiger partial charge >= 0.3 is 0 Å². The van der Waals surface area contributed by atoms with Crippen LogP contribution in [0.25, 0.3) is 0 Å². The van der Waals surface area contributed by atoms with Crippen molar-refractivity contribution in [3.8, 4) is 0 Å². The molecule has 0 aliphatic heterocycles. The van der Waals surface area contributed by atoms with Gasteiger partial charge in [-0.25, -0.2) is 0 Å². The second kappa shape index (κ2) is 10.3. The lowest BCUT2D eigenvalue weighted by molar-refractivity contribution is -0.255. The number of benzene rings is 3. The van der Waals surface area contributed by atoms with E-state index in [1.165, 1.54) is 36.0 Å². The van der Waals surface area contributed by atoms with E-state index in [9.17, 15) is 19.5 Å². The molecule has 152 valence electrons. The van der Waals surface area contributed by atoms with Gasteiger partial charge in [-0.3, -0.25) is 9.59 Å². The van der Waals surface area contributed by atoms with E-state index in [4.69, 9.17) is 0 Å². The van der Waals surface area contributed by atoms with Crippen molar-refractivity contribution in [1.29, 1.82) is 0 Å². The highest BCUT2D eigenvalue weighted by molar-refractivity contribution is 7.99. The molecule has 3 aromatic carbocycles. The number of hydrogen-bond acceptors (Lipinski definition) is 5. The zero-order valence-electron chi connectivity index (χ0n) is 16.0. The van der Waals surface area contributed by atoms with Crippen LogP contribution in [0, 0.1) is 0 Å². The summed E-state index contributed by atoms with van der Waals surface area (Å²) in [6.07, 6.45) is 0. The van der Waals surface area contributed by atoms with E-state index >= 15 is 0 Å². The average Bonchev–Trinajstić information content (AvgIpc) is 2.75. The minimum absolute atomic E-state index is 0.0304. The molecule has 2 N–H and O–H groups in total. The van der Waals surface area contributed by atoms with Gasteiger partial charge in [0, 0.05) is 22.7 Å². The zero-order valence-corrected chi connectivity index (χ0v) is 16.8. The molecule has 30 heavy (non-hydrogen) atoms.